The Morgan fingerprint density at radius 2 is 2.22 bits per heavy atom. The van der Waals surface area contributed by atoms with Gasteiger partial charge in [0.1, 0.15) is 16.6 Å². The van der Waals surface area contributed by atoms with Gasteiger partial charge >= 0.3 is 0 Å². The predicted molar refractivity (Wildman–Crippen MR) is 107 cm³/mol. The first-order valence-corrected chi connectivity index (χ1v) is 9.77. The number of fused-ring (bicyclic) bond motifs is 1. The smallest absolute Gasteiger partial charge is 0.188 e. The van der Waals surface area contributed by atoms with Crippen LogP contribution >= 0.6 is 11.3 Å². The Kier molecular flexibility index (Phi) is 4.58. The van der Waals surface area contributed by atoms with E-state index in [1.165, 1.54) is 16.7 Å². The fourth-order valence-corrected chi connectivity index (χ4v) is 4.34. The van der Waals surface area contributed by atoms with Crippen LogP contribution in [0.1, 0.15) is 42.4 Å². The summed E-state index contributed by atoms with van der Waals surface area (Å²) in [6.45, 7) is 3.83. The second-order valence-electron chi connectivity index (χ2n) is 6.88. The Hall–Kier alpha value is -2.86. The zero-order valence-electron chi connectivity index (χ0n) is 15.2. The molecule has 5 heteroatoms. The van der Waals surface area contributed by atoms with E-state index in [0.717, 1.165) is 28.3 Å². The van der Waals surface area contributed by atoms with E-state index in [1.54, 1.807) is 17.4 Å². The van der Waals surface area contributed by atoms with Crippen LogP contribution in [0.15, 0.2) is 53.3 Å². The molecule has 1 aromatic heterocycles. The van der Waals surface area contributed by atoms with Crippen molar-refractivity contribution in [1.29, 1.82) is 5.26 Å². The van der Waals surface area contributed by atoms with Crippen molar-refractivity contribution in [3.63, 3.8) is 0 Å². The van der Waals surface area contributed by atoms with Gasteiger partial charge in [0, 0.05) is 12.2 Å². The molecule has 0 aliphatic heterocycles. The molecule has 1 atom stereocenters. The maximum absolute atomic E-state index is 9.42. The zero-order valence-corrected chi connectivity index (χ0v) is 16.1. The number of allylic oxidation sites excluding steroid dienone is 3. The van der Waals surface area contributed by atoms with Gasteiger partial charge in [-0.05, 0) is 55.2 Å². The first kappa shape index (κ1) is 17.5. The van der Waals surface area contributed by atoms with Gasteiger partial charge in [-0.25, -0.2) is 4.98 Å². The van der Waals surface area contributed by atoms with Gasteiger partial charge in [-0.3, -0.25) is 0 Å². The summed E-state index contributed by atoms with van der Waals surface area (Å²) in [5.41, 5.74) is 17.2. The summed E-state index contributed by atoms with van der Waals surface area (Å²) in [4.78, 5) is 5.66. The molecule has 0 unspecified atom stereocenters. The molecule has 134 valence electrons. The molecule has 0 radical (unpaired) electrons. The van der Waals surface area contributed by atoms with Crippen molar-refractivity contribution in [1.82, 2.24) is 4.98 Å². The summed E-state index contributed by atoms with van der Waals surface area (Å²) in [7, 11) is 0. The van der Waals surface area contributed by atoms with Crippen molar-refractivity contribution in [3.05, 3.63) is 69.4 Å². The minimum absolute atomic E-state index is 0.0226. The highest BCUT2D eigenvalue weighted by molar-refractivity contribution is 7.16. The number of benzene rings is 1. The van der Waals surface area contributed by atoms with Crippen molar-refractivity contribution in [2.24, 2.45) is 5.73 Å². The van der Waals surface area contributed by atoms with Gasteiger partial charge in [0.2, 0.25) is 0 Å². The molecular formula is C22H19N3OS. The molecule has 4 nitrogen and oxygen atoms in total. The van der Waals surface area contributed by atoms with Crippen molar-refractivity contribution < 1.29 is 4.74 Å². The summed E-state index contributed by atoms with van der Waals surface area (Å²) in [5, 5.41) is 10.2. The Morgan fingerprint density at radius 3 is 3.00 bits per heavy atom. The number of ether oxygens (including phenoxy) is 1. The van der Waals surface area contributed by atoms with Crippen molar-refractivity contribution >= 4 is 16.9 Å². The Morgan fingerprint density at radius 1 is 1.37 bits per heavy atom. The average molecular weight is 373 g/mol. The van der Waals surface area contributed by atoms with Gasteiger partial charge in [-0.15, -0.1) is 11.3 Å². The highest BCUT2D eigenvalue weighted by Crippen LogP contribution is 2.39. The second kappa shape index (κ2) is 7.04. The van der Waals surface area contributed by atoms with E-state index in [4.69, 9.17) is 10.5 Å². The topological polar surface area (TPSA) is 71.9 Å². The number of thiazole rings is 1. The summed E-state index contributed by atoms with van der Waals surface area (Å²) >= 11 is 1.59. The Balaban J connectivity index is 1.73. The van der Waals surface area contributed by atoms with Crippen LogP contribution < -0.4 is 5.73 Å². The first-order chi connectivity index (χ1) is 13.1. The van der Waals surface area contributed by atoms with Gasteiger partial charge in [0.05, 0.1) is 16.6 Å². The molecule has 2 aliphatic carbocycles. The zero-order chi connectivity index (χ0) is 19.0. The fraction of sp³-hybridized carbons (Fsp3) is 0.273. The summed E-state index contributed by atoms with van der Waals surface area (Å²) in [6.07, 6.45) is 5.62. The normalized spacial score (nSPS) is 17.9. The van der Waals surface area contributed by atoms with E-state index in [2.05, 4.69) is 40.7 Å². The van der Waals surface area contributed by atoms with Crippen LogP contribution in [0.4, 0.5) is 0 Å². The van der Waals surface area contributed by atoms with Crippen molar-refractivity contribution in [3.8, 4) is 16.5 Å². The number of nitrogens with zero attached hydrogens (tertiary/aromatic N) is 2. The van der Waals surface area contributed by atoms with E-state index in [0.29, 0.717) is 11.3 Å². The van der Waals surface area contributed by atoms with Crippen LogP contribution in [-0.2, 0) is 11.2 Å². The number of nitriles is 1. The molecule has 0 saturated heterocycles. The van der Waals surface area contributed by atoms with Crippen LogP contribution in [0.5, 0.6) is 0 Å². The minimum atomic E-state index is -0.0226. The van der Waals surface area contributed by atoms with E-state index in [9.17, 15) is 5.26 Å². The van der Waals surface area contributed by atoms with Crippen LogP contribution in [0, 0.1) is 11.3 Å². The number of hydrogen-bond acceptors (Lipinski definition) is 5. The second-order valence-corrected chi connectivity index (χ2v) is 7.91. The summed E-state index contributed by atoms with van der Waals surface area (Å²) in [5.74, 6) is 0.433. The number of rotatable bonds is 4. The van der Waals surface area contributed by atoms with Gasteiger partial charge in [-0.1, -0.05) is 23.9 Å². The SMILES string of the molecule is CC(C)OC1=C=C=C(c2ncc(-c3cccc4c3CC[C@H]4N)s2)C=C1C#N. The van der Waals surface area contributed by atoms with Crippen LogP contribution in [0.3, 0.4) is 0 Å². The van der Waals surface area contributed by atoms with Crippen LogP contribution in [-0.4, -0.2) is 11.1 Å². The standard InChI is InChI=1S/C22H19N3OS/c1-13(2)26-20-9-6-14(10-15(20)11-23)22-25-12-21(27-22)18-5-3-4-17-16(18)7-8-19(17)24/h3-5,10,12-13,19H,7-8,24H2,1-2H3/t19-/m1/s1. The van der Waals surface area contributed by atoms with Crippen molar-refractivity contribution in [2.45, 2.75) is 38.8 Å². The first-order valence-electron chi connectivity index (χ1n) is 8.95. The molecule has 4 rings (SSSR count). The number of aromatic nitrogens is 1. The molecular weight excluding hydrogens is 354 g/mol. The average Bonchev–Trinajstić information content (AvgIpc) is 3.29. The molecule has 2 aliphatic rings. The lowest BCUT2D eigenvalue weighted by molar-refractivity contribution is 0.156. The predicted octanol–water partition coefficient (Wildman–Crippen LogP) is 4.67. The Labute approximate surface area is 162 Å². The molecule has 2 aromatic rings. The van der Waals surface area contributed by atoms with Gasteiger partial charge in [0.15, 0.2) is 5.76 Å². The molecule has 1 aromatic carbocycles. The van der Waals surface area contributed by atoms with Gasteiger partial charge < -0.3 is 10.5 Å². The third-order valence-electron chi connectivity index (χ3n) is 4.64. The summed E-state index contributed by atoms with van der Waals surface area (Å²) < 4.78 is 5.62. The van der Waals surface area contributed by atoms with Crippen molar-refractivity contribution in [2.75, 3.05) is 0 Å². The third-order valence-corrected chi connectivity index (χ3v) is 5.70. The maximum atomic E-state index is 9.42. The van der Waals surface area contributed by atoms with E-state index >= 15 is 0 Å². The quantitative estimate of drug-likeness (QED) is 0.791. The highest BCUT2D eigenvalue weighted by Gasteiger charge is 2.23. The fourth-order valence-electron chi connectivity index (χ4n) is 3.40. The molecule has 0 spiro atoms. The molecule has 27 heavy (non-hydrogen) atoms. The third kappa shape index (κ3) is 3.28. The van der Waals surface area contributed by atoms with E-state index in [-0.39, 0.29) is 12.1 Å². The number of hydrogen-bond donors (Lipinski definition) is 1. The number of nitrogens with two attached hydrogens (primary N) is 1. The Bertz CT molecular complexity index is 1090. The monoisotopic (exact) mass is 373 g/mol. The maximum Gasteiger partial charge on any atom is 0.188 e. The molecule has 1 heterocycles. The van der Waals surface area contributed by atoms with Crippen LogP contribution in [0.25, 0.3) is 16.0 Å². The summed E-state index contributed by atoms with van der Waals surface area (Å²) in [6, 6.07) is 8.61. The molecule has 2 N–H and O–H groups in total. The molecule has 0 bridgehead atoms. The minimum Gasteiger partial charge on any atom is -0.481 e. The lowest BCUT2D eigenvalue weighted by Crippen LogP contribution is -2.04. The van der Waals surface area contributed by atoms with E-state index < -0.39 is 0 Å². The molecule has 0 fully saturated rings. The van der Waals surface area contributed by atoms with Gasteiger partial charge in [-0.2, -0.15) is 5.26 Å². The molecule has 0 amide bonds. The van der Waals surface area contributed by atoms with Crippen LogP contribution in [0.2, 0.25) is 0 Å². The lowest BCUT2D eigenvalue weighted by atomic mass is 10.0. The largest absolute Gasteiger partial charge is 0.481 e. The van der Waals surface area contributed by atoms with E-state index in [1.807, 2.05) is 20.0 Å². The highest BCUT2D eigenvalue weighted by atomic mass is 32.1. The lowest BCUT2D eigenvalue weighted by Gasteiger charge is -2.11. The molecule has 0 saturated carbocycles. The van der Waals surface area contributed by atoms with Gasteiger partial charge in [0.25, 0.3) is 0 Å².